The number of carbonyl (C=O) groups excluding carboxylic acids is 2. The average molecular weight is 344 g/mol. The van der Waals surface area contributed by atoms with Gasteiger partial charge in [0, 0.05) is 6.54 Å². The first-order valence-electron chi connectivity index (χ1n) is 9.69. The van der Waals surface area contributed by atoms with Crippen molar-refractivity contribution < 1.29 is 23.2 Å². The maximum atomic E-state index is 13.2. The molecule has 1 amide bonds. The fourth-order valence-electron chi connectivity index (χ4n) is 3.63. The molecule has 0 N–H and O–H groups in total. The summed E-state index contributed by atoms with van der Waals surface area (Å²) in [6.07, 6.45) is 3.00. The largest absolute Gasteiger partial charge is 0.497 e. The predicted octanol–water partition coefficient (Wildman–Crippen LogP) is 2.35. The molecule has 2 aromatic rings. The molecule has 4 rings (SSSR count). The monoisotopic (exact) mass is 344 g/mol. The highest BCUT2D eigenvalue weighted by Crippen LogP contribution is 2.40. The van der Waals surface area contributed by atoms with Crippen LogP contribution in [0.4, 0.5) is 0 Å². The molecule has 25 heavy (non-hydrogen) atoms. The molecule has 0 unspecified atom stereocenters. The van der Waals surface area contributed by atoms with Gasteiger partial charge in [-0.1, -0.05) is 0 Å². The van der Waals surface area contributed by atoms with Gasteiger partial charge in [0.25, 0.3) is 5.91 Å². The Morgan fingerprint density at radius 3 is 3.16 bits per heavy atom. The Morgan fingerprint density at radius 1 is 1.48 bits per heavy atom. The van der Waals surface area contributed by atoms with Gasteiger partial charge in [-0.2, -0.15) is 0 Å². The summed E-state index contributed by atoms with van der Waals surface area (Å²) < 4.78 is 33.6. The summed E-state index contributed by atoms with van der Waals surface area (Å²) in [6, 6.07) is 4.23. The minimum Gasteiger partial charge on any atom is -0.497 e. The standard InChI is InChI=1S/C18H19N3O4/c1-3-25-18(23)15-16-14-5-4-8-20(14)17(22)12-9-11(24-2)6-7-13(12)21(16)10-19-15/h6-7,9-10,14H,3-5,8H2,1-2H3/t14-/m0/s1/i2D3. The number of imidazole rings is 1. The Balaban J connectivity index is 1.88. The van der Waals surface area contributed by atoms with Gasteiger partial charge in [-0.3, -0.25) is 9.36 Å². The number of hydrogen-bond donors (Lipinski definition) is 0. The van der Waals surface area contributed by atoms with Crippen molar-refractivity contribution in [2.45, 2.75) is 25.8 Å². The molecule has 0 radical (unpaired) electrons. The maximum Gasteiger partial charge on any atom is 0.358 e. The molecule has 1 saturated heterocycles. The Hall–Kier alpha value is -2.83. The smallest absolute Gasteiger partial charge is 0.358 e. The molecule has 0 aliphatic carbocycles. The summed E-state index contributed by atoms with van der Waals surface area (Å²) in [4.78, 5) is 31.5. The molecule has 1 aromatic heterocycles. The van der Waals surface area contributed by atoms with E-state index in [-0.39, 0.29) is 30.0 Å². The van der Waals surface area contributed by atoms with Crippen LogP contribution in [0.2, 0.25) is 0 Å². The lowest BCUT2D eigenvalue weighted by Gasteiger charge is -2.22. The topological polar surface area (TPSA) is 73.7 Å². The summed E-state index contributed by atoms with van der Waals surface area (Å²) in [6.45, 7) is 2.49. The van der Waals surface area contributed by atoms with Crippen molar-refractivity contribution in [1.29, 1.82) is 0 Å². The zero-order valence-electron chi connectivity index (χ0n) is 16.7. The van der Waals surface area contributed by atoms with Gasteiger partial charge < -0.3 is 14.4 Å². The van der Waals surface area contributed by atoms with Gasteiger partial charge in [0.2, 0.25) is 0 Å². The molecule has 2 aliphatic rings. The molecular weight excluding hydrogens is 322 g/mol. The van der Waals surface area contributed by atoms with E-state index in [9.17, 15) is 9.59 Å². The molecule has 0 saturated carbocycles. The lowest BCUT2D eigenvalue weighted by atomic mass is 10.1. The normalized spacial score (nSPS) is 20.5. The summed E-state index contributed by atoms with van der Waals surface area (Å²) in [5, 5.41) is 0. The number of esters is 1. The molecule has 1 aromatic carbocycles. The Labute approximate surface area is 149 Å². The van der Waals surface area contributed by atoms with E-state index < -0.39 is 13.0 Å². The number of amides is 1. The summed E-state index contributed by atoms with van der Waals surface area (Å²) >= 11 is 0. The lowest BCUT2D eigenvalue weighted by molar-refractivity contribution is 0.0513. The number of methoxy groups -OCH3 is 1. The van der Waals surface area contributed by atoms with Crippen molar-refractivity contribution in [2.24, 2.45) is 0 Å². The molecule has 1 fully saturated rings. The Kier molecular flexibility index (Phi) is 2.96. The second-order valence-corrected chi connectivity index (χ2v) is 6.01. The van der Waals surface area contributed by atoms with Crippen LogP contribution in [0, 0.1) is 0 Å². The van der Waals surface area contributed by atoms with E-state index in [4.69, 9.17) is 13.6 Å². The van der Waals surface area contributed by atoms with Crippen LogP contribution in [0.5, 0.6) is 5.75 Å². The molecule has 0 spiro atoms. The van der Waals surface area contributed by atoms with Crippen molar-refractivity contribution in [2.75, 3.05) is 20.2 Å². The fourth-order valence-corrected chi connectivity index (χ4v) is 3.63. The van der Waals surface area contributed by atoms with Gasteiger partial charge in [0.1, 0.15) is 12.1 Å². The van der Waals surface area contributed by atoms with Gasteiger partial charge >= 0.3 is 5.97 Å². The zero-order valence-corrected chi connectivity index (χ0v) is 13.7. The van der Waals surface area contributed by atoms with Gasteiger partial charge in [-0.05, 0) is 38.0 Å². The maximum absolute atomic E-state index is 13.2. The predicted molar refractivity (Wildman–Crippen MR) is 89.1 cm³/mol. The SMILES string of the molecule is [2H]C([2H])([2H])Oc1ccc2c(c1)C(=O)N1CCC[C@H]1c1c(C(=O)OCC)ncn1-2. The first-order chi connectivity index (χ1) is 13.3. The molecule has 2 aliphatic heterocycles. The highest BCUT2D eigenvalue weighted by Gasteiger charge is 2.40. The molecule has 1 atom stereocenters. The van der Waals surface area contributed by atoms with E-state index in [1.165, 1.54) is 18.5 Å². The quantitative estimate of drug-likeness (QED) is 0.799. The third kappa shape index (κ3) is 2.30. The third-order valence-electron chi connectivity index (χ3n) is 4.68. The first-order valence-corrected chi connectivity index (χ1v) is 8.19. The summed E-state index contributed by atoms with van der Waals surface area (Å²) in [5.41, 5.74) is 1.64. The van der Waals surface area contributed by atoms with Crippen LogP contribution in [0.3, 0.4) is 0 Å². The first kappa shape index (κ1) is 12.5. The van der Waals surface area contributed by atoms with Crippen LogP contribution in [0.15, 0.2) is 24.5 Å². The molecule has 3 heterocycles. The van der Waals surface area contributed by atoms with Crippen molar-refractivity contribution in [3.8, 4) is 11.4 Å². The van der Waals surface area contributed by atoms with E-state index in [0.717, 1.165) is 6.42 Å². The highest BCUT2D eigenvalue weighted by molar-refractivity contribution is 6.00. The van der Waals surface area contributed by atoms with E-state index in [0.29, 0.717) is 29.9 Å². The van der Waals surface area contributed by atoms with Crippen LogP contribution in [0.25, 0.3) is 5.69 Å². The van der Waals surface area contributed by atoms with Crippen molar-refractivity contribution in [3.05, 3.63) is 41.5 Å². The second-order valence-electron chi connectivity index (χ2n) is 6.01. The van der Waals surface area contributed by atoms with Crippen LogP contribution in [-0.2, 0) is 4.74 Å². The Morgan fingerprint density at radius 2 is 2.36 bits per heavy atom. The van der Waals surface area contributed by atoms with Crippen molar-refractivity contribution in [1.82, 2.24) is 14.5 Å². The molecule has 7 heteroatoms. The molecular formula is C18H19N3O4. The minimum absolute atomic E-state index is 0.0806. The van der Waals surface area contributed by atoms with Crippen LogP contribution in [-0.4, -0.2) is 46.5 Å². The minimum atomic E-state index is -2.62. The van der Waals surface area contributed by atoms with E-state index >= 15 is 0 Å². The summed E-state index contributed by atoms with van der Waals surface area (Å²) in [7, 11) is -2.62. The van der Waals surface area contributed by atoms with Crippen LogP contribution >= 0.6 is 0 Å². The van der Waals surface area contributed by atoms with Crippen LogP contribution < -0.4 is 4.74 Å². The summed E-state index contributed by atoms with van der Waals surface area (Å²) in [5.74, 6) is -0.676. The number of fused-ring (bicyclic) bond motifs is 5. The number of ether oxygens (including phenoxy) is 2. The molecule has 130 valence electrons. The number of rotatable bonds is 3. The number of benzene rings is 1. The van der Waals surface area contributed by atoms with Crippen molar-refractivity contribution in [3.63, 3.8) is 0 Å². The zero-order chi connectivity index (χ0) is 20.1. The second kappa shape index (κ2) is 5.91. The number of nitrogens with zero attached hydrogens (tertiary/aromatic N) is 3. The Bertz CT molecular complexity index is 954. The van der Waals surface area contributed by atoms with E-state index in [1.54, 1.807) is 22.5 Å². The van der Waals surface area contributed by atoms with Gasteiger partial charge in [0.05, 0.1) is 40.7 Å². The van der Waals surface area contributed by atoms with E-state index in [1.807, 2.05) is 0 Å². The fraction of sp³-hybridized carbons (Fsp3) is 0.389. The lowest BCUT2D eigenvalue weighted by Crippen LogP contribution is -2.30. The molecule has 0 bridgehead atoms. The van der Waals surface area contributed by atoms with Gasteiger partial charge in [0.15, 0.2) is 5.69 Å². The number of hydrogen-bond acceptors (Lipinski definition) is 5. The van der Waals surface area contributed by atoms with Gasteiger partial charge in [-0.15, -0.1) is 0 Å². The number of aromatic nitrogens is 2. The van der Waals surface area contributed by atoms with Gasteiger partial charge in [-0.25, -0.2) is 9.78 Å². The third-order valence-corrected chi connectivity index (χ3v) is 4.68. The van der Waals surface area contributed by atoms with Crippen molar-refractivity contribution >= 4 is 11.9 Å². The average Bonchev–Trinajstić information content (AvgIpc) is 3.24. The van der Waals surface area contributed by atoms with Crippen LogP contribution in [0.1, 0.15) is 56.5 Å². The highest BCUT2D eigenvalue weighted by atomic mass is 16.5. The number of carbonyl (C=O) groups is 2. The van der Waals surface area contributed by atoms with E-state index in [2.05, 4.69) is 4.98 Å². The molecule has 7 nitrogen and oxygen atoms in total.